The molecule has 0 aliphatic rings. The summed E-state index contributed by atoms with van der Waals surface area (Å²) in [7, 11) is 0. The van der Waals surface area contributed by atoms with Crippen molar-refractivity contribution < 1.29 is 15.0 Å². The molecule has 17 heavy (non-hydrogen) atoms. The van der Waals surface area contributed by atoms with Gasteiger partial charge in [-0.05, 0) is 17.7 Å². The summed E-state index contributed by atoms with van der Waals surface area (Å²) in [5, 5.41) is 20.7. The van der Waals surface area contributed by atoms with Gasteiger partial charge in [0, 0.05) is 24.1 Å². The van der Waals surface area contributed by atoms with Crippen molar-refractivity contribution in [1.29, 1.82) is 0 Å². The molecule has 0 spiro atoms. The Morgan fingerprint density at radius 3 is 2.29 bits per heavy atom. The molecule has 1 aromatic rings. The lowest BCUT2D eigenvalue weighted by molar-refractivity contribution is 0.0911. The van der Waals surface area contributed by atoms with E-state index in [1.165, 1.54) is 0 Å². The van der Waals surface area contributed by atoms with E-state index in [0.29, 0.717) is 12.1 Å². The molecule has 0 unspecified atom stereocenters. The Morgan fingerprint density at radius 1 is 1.24 bits per heavy atom. The highest BCUT2D eigenvalue weighted by Crippen LogP contribution is 2.12. The summed E-state index contributed by atoms with van der Waals surface area (Å²) in [4.78, 5) is 11.8. The van der Waals surface area contributed by atoms with Gasteiger partial charge in [0.15, 0.2) is 0 Å². The first kappa shape index (κ1) is 13.7. The van der Waals surface area contributed by atoms with E-state index in [1.807, 2.05) is 13.8 Å². The molecule has 0 heterocycles. The van der Waals surface area contributed by atoms with Crippen molar-refractivity contribution in [2.45, 2.75) is 20.5 Å². The number of amides is 1. The minimum absolute atomic E-state index is 0.0245. The average molecular weight is 237 g/mol. The molecule has 3 N–H and O–H groups in total. The van der Waals surface area contributed by atoms with E-state index in [-0.39, 0.29) is 24.5 Å². The van der Waals surface area contributed by atoms with Gasteiger partial charge >= 0.3 is 0 Å². The van der Waals surface area contributed by atoms with E-state index in [2.05, 4.69) is 5.32 Å². The van der Waals surface area contributed by atoms with Crippen LogP contribution in [-0.2, 0) is 6.61 Å². The Labute approximate surface area is 101 Å². The van der Waals surface area contributed by atoms with Crippen molar-refractivity contribution in [1.82, 2.24) is 5.32 Å². The Bertz CT molecular complexity index is 371. The minimum atomic E-state index is -0.319. The van der Waals surface area contributed by atoms with E-state index in [4.69, 9.17) is 10.2 Å². The SMILES string of the molecule is CC(C)(CO)CNC(=O)c1ccc(CO)cc1. The Kier molecular flexibility index (Phi) is 4.66. The normalized spacial score (nSPS) is 11.3. The van der Waals surface area contributed by atoms with Crippen molar-refractivity contribution >= 4 is 5.91 Å². The number of aliphatic hydroxyl groups excluding tert-OH is 2. The van der Waals surface area contributed by atoms with Crippen molar-refractivity contribution in [2.75, 3.05) is 13.2 Å². The Morgan fingerprint density at radius 2 is 1.82 bits per heavy atom. The van der Waals surface area contributed by atoms with Crippen LogP contribution in [-0.4, -0.2) is 29.3 Å². The molecule has 0 fully saturated rings. The second-order valence-electron chi connectivity index (χ2n) is 4.86. The number of hydrogen-bond acceptors (Lipinski definition) is 3. The van der Waals surface area contributed by atoms with Crippen LogP contribution in [0.1, 0.15) is 29.8 Å². The van der Waals surface area contributed by atoms with Crippen LogP contribution in [0.25, 0.3) is 0 Å². The predicted octanol–water partition coefficient (Wildman–Crippen LogP) is 0.927. The summed E-state index contributed by atoms with van der Waals surface area (Å²) in [6.07, 6.45) is 0. The summed E-state index contributed by atoms with van der Waals surface area (Å²) in [5.74, 6) is -0.170. The quantitative estimate of drug-likeness (QED) is 0.713. The minimum Gasteiger partial charge on any atom is -0.396 e. The number of carbonyl (C=O) groups is 1. The zero-order valence-electron chi connectivity index (χ0n) is 10.2. The Balaban J connectivity index is 2.58. The van der Waals surface area contributed by atoms with Crippen LogP contribution in [0, 0.1) is 5.41 Å². The van der Waals surface area contributed by atoms with Gasteiger partial charge in [-0.15, -0.1) is 0 Å². The van der Waals surface area contributed by atoms with Gasteiger partial charge in [0.25, 0.3) is 5.91 Å². The molecule has 1 amide bonds. The van der Waals surface area contributed by atoms with Crippen molar-refractivity contribution in [3.05, 3.63) is 35.4 Å². The summed E-state index contributed by atoms with van der Waals surface area (Å²) in [6, 6.07) is 6.78. The second kappa shape index (κ2) is 5.80. The lowest BCUT2D eigenvalue weighted by Crippen LogP contribution is -2.36. The van der Waals surface area contributed by atoms with Crippen LogP contribution in [0.3, 0.4) is 0 Å². The highest BCUT2D eigenvalue weighted by atomic mass is 16.3. The largest absolute Gasteiger partial charge is 0.396 e. The molecule has 0 aliphatic carbocycles. The van der Waals surface area contributed by atoms with Gasteiger partial charge in [-0.25, -0.2) is 0 Å². The van der Waals surface area contributed by atoms with Crippen LogP contribution in [0.15, 0.2) is 24.3 Å². The molecule has 0 saturated heterocycles. The molecule has 0 radical (unpaired) electrons. The lowest BCUT2D eigenvalue weighted by Gasteiger charge is -2.21. The number of nitrogens with one attached hydrogen (secondary N) is 1. The average Bonchev–Trinajstić information content (AvgIpc) is 2.36. The van der Waals surface area contributed by atoms with Crippen LogP contribution < -0.4 is 5.32 Å². The summed E-state index contributed by atoms with van der Waals surface area (Å²) in [6.45, 7) is 4.17. The number of benzene rings is 1. The fourth-order valence-electron chi connectivity index (χ4n) is 1.24. The fraction of sp³-hybridized carbons (Fsp3) is 0.462. The predicted molar refractivity (Wildman–Crippen MR) is 65.6 cm³/mol. The molecular formula is C13H19NO3. The molecule has 0 saturated carbocycles. The molecule has 4 nitrogen and oxygen atoms in total. The van der Waals surface area contributed by atoms with Gasteiger partial charge in [0.05, 0.1) is 6.61 Å². The van der Waals surface area contributed by atoms with Crippen molar-refractivity contribution in [3.8, 4) is 0 Å². The number of aliphatic hydroxyl groups is 2. The zero-order valence-corrected chi connectivity index (χ0v) is 10.2. The first-order valence-electron chi connectivity index (χ1n) is 5.57. The molecule has 0 aromatic heterocycles. The third-order valence-electron chi connectivity index (χ3n) is 2.55. The summed E-state index contributed by atoms with van der Waals surface area (Å²) in [5.41, 5.74) is 1.01. The van der Waals surface area contributed by atoms with E-state index in [0.717, 1.165) is 5.56 Å². The molecular weight excluding hydrogens is 218 g/mol. The maximum absolute atomic E-state index is 11.8. The number of hydrogen-bond donors (Lipinski definition) is 3. The smallest absolute Gasteiger partial charge is 0.251 e. The number of carbonyl (C=O) groups excluding carboxylic acids is 1. The third kappa shape index (κ3) is 4.17. The second-order valence-corrected chi connectivity index (χ2v) is 4.86. The van der Waals surface area contributed by atoms with Gasteiger partial charge in [-0.2, -0.15) is 0 Å². The highest BCUT2D eigenvalue weighted by molar-refractivity contribution is 5.94. The molecule has 0 bridgehead atoms. The van der Waals surface area contributed by atoms with E-state index in [9.17, 15) is 4.79 Å². The van der Waals surface area contributed by atoms with Gasteiger partial charge in [0.2, 0.25) is 0 Å². The number of rotatable bonds is 5. The maximum Gasteiger partial charge on any atom is 0.251 e. The Hall–Kier alpha value is -1.39. The maximum atomic E-state index is 11.8. The molecule has 1 rings (SSSR count). The first-order valence-corrected chi connectivity index (χ1v) is 5.57. The fourth-order valence-corrected chi connectivity index (χ4v) is 1.24. The van der Waals surface area contributed by atoms with Crippen LogP contribution in [0.2, 0.25) is 0 Å². The van der Waals surface area contributed by atoms with Gasteiger partial charge in [-0.1, -0.05) is 26.0 Å². The first-order chi connectivity index (χ1) is 7.98. The lowest BCUT2D eigenvalue weighted by atomic mass is 9.95. The molecule has 94 valence electrons. The van der Waals surface area contributed by atoms with Crippen LogP contribution in [0.5, 0.6) is 0 Å². The third-order valence-corrected chi connectivity index (χ3v) is 2.55. The monoisotopic (exact) mass is 237 g/mol. The van der Waals surface area contributed by atoms with Crippen LogP contribution in [0.4, 0.5) is 0 Å². The van der Waals surface area contributed by atoms with E-state index < -0.39 is 0 Å². The van der Waals surface area contributed by atoms with Gasteiger partial charge < -0.3 is 15.5 Å². The van der Waals surface area contributed by atoms with E-state index >= 15 is 0 Å². The van der Waals surface area contributed by atoms with Gasteiger partial charge in [-0.3, -0.25) is 4.79 Å². The molecule has 1 aromatic carbocycles. The molecule has 4 heteroatoms. The van der Waals surface area contributed by atoms with Crippen molar-refractivity contribution in [3.63, 3.8) is 0 Å². The molecule has 0 atom stereocenters. The molecule has 0 aliphatic heterocycles. The summed E-state index contributed by atoms with van der Waals surface area (Å²) < 4.78 is 0. The van der Waals surface area contributed by atoms with Crippen LogP contribution >= 0.6 is 0 Å². The van der Waals surface area contributed by atoms with Crippen molar-refractivity contribution in [2.24, 2.45) is 5.41 Å². The standard InChI is InChI=1S/C13H19NO3/c1-13(2,9-16)8-14-12(17)11-5-3-10(7-15)4-6-11/h3-6,15-16H,7-9H2,1-2H3,(H,14,17). The highest BCUT2D eigenvalue weighted by Gasteiger charge is 2.17. The van der Waals surface area contributed by atoms with Gasteiger partial charge in [0.1, 0.15) is 0 Å². The summed E-state index contributed by atoms with van der Waals surface area (Å²) >= 11 is 0. The van der Waals surface area contributed by atoms with E-state index in [1.54, 1.807) is 24.3 Å². The topological polar surface area (TPSA) is 69.6 Å². The zero-order chi connectivity index (χ0) is 12.9.